The predicted octanol–water partition coefficient (Wildman–Crippen LogP) is 4.46. The maximum absolute atomic E-state index is 13.3. The van der Waals surface area contributed by atoms with Gasteiger partial charge in [0.25, 0.3) is 15.9 Å². The van der Waals surface area contributed by atoms with E-state index in [0.717, 1.165) is 14.3 Å². The molecule has 0 spiro atoms. The number of nitrogens with one attached hydrogen (secondary N) is 1. The Morgan fingerprint density at radius 1 is 1.12 bits per heavy atom. The van der Waals surface area contributed by atoms with Gasteiger partial charge in [0.1, 0.15) is 12.3 Å². The number of hydrogen-bond acceptors (Lipinski definition) is 5. The zero-order valence-electron chi connectivity index (χ0n) is 16.9. The SMILES string of the molecule is COc1ccc(S(=O)(=O)N(CC(=O)N/N=C\c2ccccc2Br)c2cccc(Cl)c2)cc1. The normalized spacial score (nSPS) is 11.3. The molecule has 0 aliphatic rings. The first-order chi connectivity index (χ1) is 15.3. The Kier molecular flexibility index (Phi) is 7.89. The highest BCUT2D eigenvalue weighted by molar-refractivity contribution is 9.10. The molecule has 0 aromatic heterocycles. The average molecular weight is 537 g/mol. The second kappa shape index (κ2) is 10.6. The predicted molar refractivity (Wildman–Crippen MR) is 129 cm³/mol. The van der Waals surface area contributed by atoms with Crippen LogP contribution in [0.4, 0.5) is 5.69 Å². The third-order valence-corrected chi connectivity index (χ3v) is 7.07. The number of carbonyl (C=O) groups excluding carboxylic acids is 1. The van der Waals surface area contributed by atoms with Crippen LogP contribution >= 0.6 is 27.5 Å². The van der Waals surface area contributed by atoms with Crippen LogP contribution in [0.15, 0.2) is 87.3 Å². The van der Waals surface area contributed by atoms with Crippen LogP contribution in [0, 0.1) is 0 Å². The first-order valence-electron chi connectivity index (χ1n) is 9.30. The van der Waals surface area contributed by atoms with Crippen LogP contribution in [0.1, 0.15) is 5.56 Å². The Hall–Kier alpha value is -2.88. The number of sulfonamides is 1. The van der Waals surface area contributed by atoms with Crippen molar-refractivity contribution in [2.24, 2.45) is 5.10 Å². The first-order valence-corrected chi connectivity index (χ1v) is 11.9. The molecule has 0 radical (unpaired) electrons. The molecule has 0 heterocycles. The Morgan fingerprint density at radius 2 is 1.84 bits per heavy atom. The van der Waals surface area contributed by atoms with E-state index in [9.17, 15) is 13.2 Å². The highest BCUT2D eigenvalue weighted by atomic mass is 79.9. The summed E-state index contributed by atoms with van der Waals surface area (Å²) in [5.74, 6) is -0.109. The van der Waals surface area contributed by atoms with E-state index in [2.05, 4.69) is 26.5 Å². The number of carbonyl (C=O) groups is 1. The molecule has 3 aromatic carbocycles. The fraction of sp³-hybridized carbons (Fsp3) is 0.0909. The molecule has 0 atom stereocenters. The van der Waals surface area contributed by atoms with Gasteiger partial charge in [-0.05, 0) is 48.5 Å². The molecule has 3 aromatic rings. The summed E-state index contributed by atoms with van der Waals surface area (Å²) in [7, 11) is -2.59. The highest BCUT2D eigenvalue weighted by Crippen LogP contribution is 2.27. The second-order valence-corrected chi connectivity index (χ2v) is 9.63. The first kappa shape index (κ1) is 23.8. The standard InChI is InChI=1S/C22H19BrClN3O4S/c1-31-19-9-11-20(12-10-19)32(29,30)27(18-7-4-6-17(24)13-18)15-22(28)26-25-14-16-5-2-3-8-21(16)23/h2-14H,15H2,1H3,(H,26,28)/b25-14-. The summed E-state index contributed by atoms with van der Waals surface area (Å²) >= 11 is 9.45. The van der Waals surface area contributed by atoms with Crippen molar-refractivity contribution in [2.75, 3.05) is 18.0 Å². The molecule has 3 rings (SSSR count). The van der Waals surface area contributed by atoms with Gasteiger partial charge in [-0.1, -0.05) is 51.8 Å². The molecule has 7 nitrogen and oxygen atoms in total. The molecular formula is C22H19BrClN3O4S. The number of hydrazone groups is 1. The van der Waals surface area contributed by atoms with Gasteiger partial charge in [0, 0.05) is 15.1 Å². The lowest BCUT2D eigenvalue weighted by atomic mass is 10.2. The molecule has 10 heteroatoms. The van der Waals surface area contributed by atoms with Crippen molar-refractivity contribution >= 4 is 55.4 Å². The van der Waals surface area contributed by atoms with Gasteiger partial charge < -0.3 is 4.74 Å². The molecule has 32 heavy (non-hydrogen) atoms. The summed E-state index contributed by atoms with van der Waals surface area (Å²) in [5.41, 5.74) is 3.37. The fourth-order valence-corrected chi connectivity index (χ4v) is 4.73. The Labute approximate surface area is 199 Å². The van der Waals surface area contributed by atoms with E-state index >= 15 is 0 Å². The quantitative estimate of drug-likeness (QED) is 0.340. The summed E-state index contributed by atoms with van der Waals surface area (Å²) in [5, 5.41) is 4.26. The van der Waals surface area contributed by atoms with Crippen LogP contribution in [0.25, 0.3) is 0 Å². The number of ether oxygens (including phenoxy) is 1. The second-order valence-electron chi connectivity index (χ2n) is 6.48. The summed E-state index contributed by atoms with van der Waals surface area (Å²) in [6.07, 6.45) is 1.46. The van der Waals surface area contributed by atoms with E-state index in [1.165, 1.54) is 43.7 Å². The van der Waals surface area contributed by atoms with E-state index in [1.54, 1.807) is 18.2 Å². The van der Waals surface area contributed by atoms with Crippen molar-refractivity contribution in [3.63, 3.8) is 0 Å². The summed E-state index contributed by atoms with van der Waals surface area (Å²) in [6, 6.07) is 19.5. The lowest BCUT2D eigenvalue weighted by Gasteiger charge is -2.24. The average Bonchev–Trinajstić information content (AvgIpc) is 2.78. The number of rotatable bonds is 8. The van der Waals surface area contributed by atoms with Gasteiger partial charge in [-0.15, -0.1) is 0 Å². The molecule has 1 N–H and O–H groups in total. The third kappa shape index (κ3) is 5.87. The van der Waals surface area contributed by atoms with Crippen LogP contribution in [-0.4, -0.2) is 34.2 Å². The van der Waals surface area contributed by atoms with Crippen molar-refractivity contribution < 1.29 is 17.9 Å². The molecular weight excluding hydrogens is 518 g/mol. The number of hydrogen-bond donors (Lipinski definition) is 1. The monoisotopic (exact) mass is 535 g/mol. The maximum atomic E-state index is 13.3. The van der Waals surface area contributed by atoms with Gasteiger partial charge in [-0.2, -0.15) is 5.10 Å². The van der Waals surface area contributed by atoms with Crippen molar-refractivity contribution in [3.8, 4) is 5.75 Å². The lowest BCUT2D eigenvalue weighted by molar-refractivity contribution is -0.119. The number of halogens is 2. The molecule has 0 aliphatic carbocycles. The molecule has 0 saturated heterocycles. The topological polar surface area (TPSA) is 88.1 Å². The smallest absolute Gasteiger partial charge is 0.264 e. The van der Waals surface area contributed by atoms with Crippen LogP contribution in [-0.2, 0) is 14.8 Å². The third-order valence-electron chi connectivity index (χ3n) is 4.33. The Bertz CT molecular complexity index is 1230. The number of amides is 1. The van der Waals surface area contributed by atoms with Gasteiger partial charge in [0.05, 0.1) is 23.9 Å². The number of nitrogens with zero attached hydrogens (tertiary/aromatic N) is 2. The molecule has 0 bridgehead atoms. The van der Waals surface area contributed by atoms with Crippen molar-refractivity contribution in [2.45, 2.75) is 4.90 Å². The van der Waals surface area contributed by atoms with Crippen LogP contribution in [0.3, 0.4) is 0 Å². The minimum absolute atomic E-state index is 0.00259. The minimum Gasteiger partial charge on any atom is -0.497 e. The molecule has 166 valence electrons. The summed E-state index contributed by atoms with van der Waals surface area (Å²) < 4.78 is 33.5. The van der Waals surface area contributed by atoms with Crippen LogP contribution in [0.5, 0.6) is 5.75 Å². The van der Waals surface area contributed by atoms with Crippen molar-refractivity contribution in [3.05, 3.63) is 87.9 Å². The van der Waals surface area contributed by atoms with E-state index < -0.39 is 22.5 Å². The zero-order chi connectivity index (χ0) is 23.1. The van der Waals surface area contributed by atoms with E-state index in [4.69, 9.17) is 16.3 Å². The molecule has 0 saturated carbocycles. The van der Waals surface area contributed by atoms with Gasteiger partial charge in [-0.25, -0.2) is 13.8 Å². The summed E-state index contributed by atoms with van der Waals surface area (Å²) in [4.78, 5) is 12.6. The van der Waals surface area contributed by atoms with Gasteiger partial charge in [0.15, 0.2) is 0 Å². The Balaban J connectivity index is 1.86. The van der Waals surface area contributed by atoms with Crippen molar-refractivity contribution in [1.29, 1.82) is 0 Å². The summed E-state index contributed by atoms with van der Waals surface area (Å²) in [6.45, 7) is -0.498. The minimum atomic E-state index is -4.08. The number of benzene rings is 3. The number of methoxy groups -OCH3 is 1. The maximum Gasteiger partial charge on any atom is 0.264 e. The van der Waals surface area contributed by atoms with E-state index in [1.807, 2.05) is 24.3 Å². The van der Waals surface area contributed by atoms with Crippen molar-refractivity contribution in [1.82, 2.24) is 5.43 Å². The van der Waals surface area contributed by atoms with E-state index in [0.29, 0.717) is 10.8 Å². The highest BCUT2D eigenvalue weighted by Gasteiger charge is 2.27. The Morgan fingerprint density at radius 3 is 2.50 bits per heavy atom. The van der Waals surface area contributed by atoms with Gasteiger partial charge >= 0.3 is 0 Å². The van der Waals surface area contributed by atoms with Gasteiger partial charge in [-0.3, -0.25) is 9.10 Å². The fourth-order valence-electron chi connectivity index (χ4n) is 2.74. The van der Waals surface area contributed by atoms with Gasteiger partial charge in [0.2, 0.25) is 0 Å². The van der Waals surface area contributed by atoms with E-state index in [-0.39, 0.29) is 10.6 Å². The molecule has 0 aliphatic heterocycles. The lowest BCUT2D eigenvalue weighted by Crippen LogP contribution is -2.39. The number of anilines is 1. The molecule has 1 amide bonds. The van der Waals surface area contributed by atoms with Crippen LogP contribution in [0.2, 0.25) is 5.02 Å². The molecule has 0 unspecified atom stereocenters. The van der Waals surface area contributed by atoms with Crippen LogP contribution < -0.4 is 14.5 Å². The molecule has 0 fully saturated rings. The largest absolute Gasteiger partial charge is 0.497 e. The zero-order valence-corrected chi connectivity index (χ0v) is 20.1.